The fourth-order valence-electron chi connectivity index (χ4n) is 2.01. The van der Waals surface area contributed by atoms with E-state index in [2.05, 4.69) is 15.9 Å². The van der Waals surface area contributed by atoms with Crippen LogP contribution in [0.1, 0.15) is 20.8 Å². The van der Waals surface area contributed by atoms with Gasteiger partial charge in [-0.3, -0.25) is 4.57 Å². The molecule has 0 saturated carbocycles. The fraction of sp³-hybridized carbons (Fsp3) is 0.312. The summed E-state index contributed by atoms with van der Waals surface area (Å²) in [6.45, 7) is 5.46. The number of hydrogen-bond donors (Lipinski definition) is 0. The summed E-state index contributed by atoms with van der Waals surface area (Å²) < 4.78 is 13.0. The summed E-state index contributed by atoms with van der Waals surface area (Å²) in [5.41, 5.74) is 0.655. The molecule has 0 spiro atoms. The molecule has 2 aromatic rings. The fourth-order valence-corrected chi connectivity index (χ4v) is 2.69. The number of carbonyl (C=O) groups is 1. The molecule has 2 rings (SSSR count). The van der Waals surface area contributed by atoms with Gasteiger partial charge in [0.1, 0.15) is 11.4 Å². The van der Waals surface area contributed by atoms with E-state index in [0.717, 1.165) is 4.47 Å². The molecule has 0 fully saturated rings. The zero-order valence-electron chi connectivity index (χ0n) is 12.8. The lowest BCUT2D eigenvalue weighted by atomic mass is 10.1. The van der Waals surface area contributed by atoms with Crippen molar-refractivity contribution in [1.82, 2.24) is 4.57 Å². The standard InChI is InChI=1S/C16H17BrClNO3/c1-16(2,3)22-15(20)19-9-10(17)8-12(19)14-11(18)6-5-7-13(14)21-4/h5-9H,1-4H3. The van der Waals surface area contributed by atoms with E-state index < -0.39 is 11.7 Å². The van der Waals surface area contributed by atoms with Crippen molar-refractivity contribution in [3.63, 3.8) is 0 Å². The van der Waals surface area contributed by atoms with Gasteiger partial charge in [0.05, 0.1) is 23.4 Å². The lowest BCUT2D eigenvalue weighted by Gasteiger charge is -2.21. The molecule has 1 aromatic heterocycles. The Kier molecular flexibility index (Phi) is 4.87. The van der Waals surface area contributed by atoms with E-state index in [1.165, 1.54) is 4.57 Å². The Bertz CT molecular complexity index is 704. The molecule has 22 heavy (non-hydrogen) atoms. The second-order valence-corrected chi connectivity index (χ2v) is 7.03. The van der Waals surface area contributed by atoms with E-state index in [4.69, 9.17) is 21.1 Å². The highest BCUT2D eigenvalue weighted by molar-refractivity contribution is 9.10. The van der Waals surface area contributed by atoms with Crippen LogP contribution < -0.4 is 4.74 Å². The summed E-state index contributed by atoms with van der Waals surface area (Å²) in [6.07, 6.45) is 1.17. The van der Waals surface area contributed by atoms with Crippen molar-refractivity contribution in [1.29, 1.82) is 0 Å². The van der Waals surface area contributed by atoms with Crippen LogP contribution in [0.25, 0.3) is 11.3 Å². The zero-order chi connectivity index (χ0) is 16.5. The van der Waals surface area contributed by atoms with Crippen molar-refractivity contribution in [3.8, 4) is 17.0 Å². The first-order chi connectivity index (χ1) is 10.2. The van der Waals surface area contributed by atoms with Crippen LogP contribution >= 0.6 is 27.5 Å². The van der Waals surface area contributed by atoms with Crippen LogP contribution in [0.3, 0.4) is 0 Å². The molecule has 0 bridgehead atoms. The summed E-state index contributed by atoms with van der Waals surface area (Å²) in [4.78, 5) is 12.4. The van der Waals surface area contributed by atoms with Crippen LogP contribution in [-0.2, 0) is 4.74 Å². The van der Waals surface area contributed by atoms with Gasteiger partial charge in [-0.05, 0) is 54.9 Å². The van der Waals surface area contributed by atoms with Crippen molar-refractivity contribution in [2.75, 3.05) is 7.11 Å². The van der Waals surface area contributed by atoms with E-state index in [-0.39, 0.29) is 0 Å². The molecular formula is C16H17BrClNO3. The normalized spacial score (nSPS) is 11.4. The quantitative estimate of drug-likeness (QED) is 0.697. The molecule has 0 aliphatic rings. The minimum atomic E-state index is -0.588. The zero-order valence-corrected chi connectivity index (χ0v) is 15.2. The molecule has 0 unspecified atom stereocenters. The highest BCUT2D eigenvalue weighted by Crippen LogP contribution is 2.38. The predicted octanol–water partition coefficient (Wildman–Crippen LogP) is 5.36. The molecule has 4 nitrogen and oxygen atoms in total. The van der Waals surface area contributed by atoms with Crippen LogP contribution in [0, 0.1) is 0 Å². The number of rotatable bonds is 2. The molecule has 1 heterocycles. The van der Waals surface area contributed by atoms with Crippen LogP contribution in [0.4, 0.5) is 4.79 Å². The Morgan fingerprint density at radius 2 is 2.00 bits per heavy atom. The third-order valence-electron chi connectivity index (χ3n) is 2.83. The van der Waals surface area contributed by atoms with Gasteiger partial charge < -0.3 is 9.47 Å². The van der Waals surface area contributed by atoms with Crippen LogP contribution in [0.15, 0.2) is 34.9 Å². The number of carbonyl (C=O) groups excluding carboxylic acids is 1. The number of halogens is 2. The lowest BCUT2D eigenvalue weighted by molar-refractivity contribution is 0.0540. The number of benzene rings is 1. The average molecular weight is 387 g/mol. The number of ether oxygens (including phenoxy) is 2. The Morgan fingerprint density at radius 1 is 1.32 bits per heavy atom. The lowest BCUT2D eigenvalue weighted by Crippen LogP contribution is -2.27. The number of nitrogens with zero attached hydrogens (tertiary/aromatic N) is 1. The van der Waals surface area contributed by atoms with Gasteiger partial charge in [-0.15, -0.1) is 0 Å². The van der Waals surface area contributed by atoms with Crippen LogP contribution in [-0.4, -0.2) is 23.4 Å². The summed E-state index contributed by atoms with van der Waals surface area (Å²) in [6, 6.07) is 7.13. The van der Waals surface area contributed by atoms with Crippen molar-refractivity contribution in [3.05, 3.63) is 40.0 Å². The first-order valence-electron chi connectivity index (χ1n) is 6.67. The molecule has 0 N–H and O–H groups in total. The van der Waals surface area contributed by atoms with Crippen molar-refractivity contribution >= 4 is 33.6 Å². The molecule has 0 amide bonds. The third-order valence-corrected chi connectivity index (χ3v) is 3.58. The van der Waals surface area contributed by atoms with E-state index >= 15 is 0 Å². The summed E-state index contributed by atoms with van der Waals surface area (Å²) in [7, 11) is 1.56. The summed E-state index contributed by atoms with van der Waals surface area (Å²) in [5, 5.41) is 0.495. The summed E-state index contributed by atoms with van der Waals surface area (Å²) in [5.74, 6) is 0.586. The highest BCUT2D eigenvalue weighted by Gasteiger charge is 2.23. The van der Waals surface area contributed by atoms with Gasteiger partial charge in [0.2, 0.25) is 0 Å². The summed E-state index contributed by atoms with van der Waals surface area (Å²) >= 11 is 9.69. The molecule has 0 aliphatic heterocycles. The molecule has 1 aromatic carbocycles. The van der Waals surface area contributed by atoms with Crippen LogP contribution in [0.2, 0.25) is 5.02 Å². The number of methoxy groups -OCH3 is 1. The minimum absolute atomic E-state index is 0.477. The second kappa shape index (κ2) is 6.34. The van der Waals surface area contributed by atoms with Gasteiger partial charge in [0.25, 0.3) is 0 Å². The minimum Gasteiger partial charge on any atom is -0.496 e. The molecule has 0 radical (unpaired) electrons. The topological polar surface area (TPSA) is 40.5 Å². The second-order valence-electron chi connectivity index (χ2n) is 5.71. The largest absolute Gasteiger partial charge is 0.496 e. The number of hydrogen-bond acceptors (Lipinski definition) is 3. The van der Waals surface area contributed by atoms with E-state index in [0.29, 0.717) is 22.0 Å². The SMILES string of the molecule is COc1cccc(Cl)c1-c1cc(Br)cn1C(=O)OC(C)(C)C. The Balaban J connectivity index is 2.57. The van der Waals surface area contributed by atoms with Crippen LogP contribution in [0.5, 0.6) is 5.75 Å². The van der Waals surface area contributed by atoms with E-state index in [1.807, 2.05) is 20.8 Å². The van der Waals surface area contributed by atoms with Crippen molar-refractivity contribution in [2.24, 2.45) is 0 Å². The monoisotopic (exact) mass is 385 g/mol. The van der Waals surface area contributed by atoms with Gasteiger partial charge in [-0.25, -0.2) is 4.79 Å². The molecule has 0 saturated heterocycles. The van der Waals surface area contributed by atoms with Gasteiger partial charge in [0, 0.05) is 10.7 Å². The smallest absolute Gasteiger partial charge is 0.419 e. The molecule has 6 heteroatoms. The van der Waals surface area contributed by atoms with E-state index in [9.17, 15) is 4.79 Å². The Morgan fingerprint density at radius 3 is 2.59 bits per heavy atom. The van der Waals surface area contributed by atoms with Crippen molar-refractivity contribution in [2.45, 2.75) is 26.4 Å². The first-order valence-corrected chi connectivity index (χ1v) is 7.84. The molecule has 0 aliphatic carbocycles. The molecular weight excluding hydrogens is 370 g/mol. The number of aromatic nitrogens is 1. The molecule has 0 atom stereocenters. The average Bonchev–Trinajstić information content (AvgIpc) is 2.78. The first kappa shape index (κ1) is 16.9. The third kappa shape index (κ3) is 3.65. The Labute approximate surface area is 143 Å². The van der Waals surface area contributed by atoms with Gasteiger partial charge in [-0.2, -0.15) is 0 Å². The van der Waals surface area contributed by atoms with Gasteiger partial charge in [0.15, 0.2) is 0 Å². The Hall–Kier alpha value is -1.46. The van der Waals surface area contributed by atoms with Gasteiger partial charge >= 0.3 is 6.09 Å². The van der Waals surface area contributed by atoms with Gasteiger partial charge in [-0.1, -0.05) is 17.7 Å². The highest BCUT2D eigenvalue weighted by atomic mass is 79.9. The van der Waals surface area contributed by atoms with Crippen molar-refractivity contribution < 1.29 is 14.3 Å². The predicted molar refractivity (Wildman–Crippen MR) is 90.8 cm³/mol. The maximum absolute atomic E-state index is 12.4. The molecule has 118 valence electrons. The maximum atomic E-state index is 12.4. The maximum Gasteiger partial charge on any atom is 0.419 e. The van der Waals surface area contributed by atoms with E-state index in [1.54, 1.807) is 37.6 Å².